The summed E-state index contributed by atoms with van der Waals surface area (Å²) < 4.78 is 5.03. The standard InChI is InChI=1S/C22H27N3O3S/c1-6-11-29-22-24-19-18(20(26)25-22)17(16(13(4)23-19)21(27)28-5)15-9-7-14(8-10-15)12(2)3/h7-10,12,17H,6,11H2,1-5H3,(H2,23,24,25,26)/t17-/m0/s1. The van der Waals surface area contributed by atoms with E-state index in [0.717, 1.165) is 17.7 Å². The third-order valence-corrected chi connectivity index (χ3v) is 6.08. The smallest absolute Gasteiger partial charge is 0.336 e. The predicted molar refractivity (Wildman–Crippen MR) is 117 cm³/mol. The monoisotopic (exact) mass is 413 g/mol. The number of anilines is 1. The maximum absolute atomic E-state index is 13.0. The number of esters is 1. The molecule has 0 saturated carbocycles. The van der Waals surface area contributed by atoms with E-state index in [1.54, 1.807) is 0 Å². The Hall–Kier alpha value is -2.54. The number of hydrogen-bond acceptors (Lipinski definition) is 6. The summed E-state index contributed by atoms with van der Waals surface area (Å²) in [7, 11) is 1.35. The first kappa shape index (κ1) is 21.2. The van der Waals surface area contributed by atoms with E-state index in [-0.39, 0.29) is 5.56 Å². The Kier molecular flexibility index (Phi) is 6.47. The summed E-state index contributed by atoms with van der Waals surface area (Å²) in [4.78, 5) is 33.1. The molecule has 6 nitrogen and oxygen atoms in total. The number of H-pyrrole nitrogens is 1. The Balaban J connectivity index is 2.17. The lowest BCUT2D eigenvalue weighted by atomic mass is 9.82. The quantitative estimate of drug-likeness (QED) is 0.415. The first-order chi connectivity index (χ1) is 13.9. The predicted octanol–water partition coefficient (Wildman–Crippen LogP) is 4.40. The molecule has 0 amide bonds. The van der Waals surface area contributed by atoms with Crippen molar-refractivity contribution in [1.82, 2.24) is 9.97 Å². The highest BCUT2D eigenvalue weighted by molar-refractivity contribution is 7.99. The molecule has 1 aromatic heterocycles. The van der Waals surface area contributed by atoms with Gasteiger partial charge in [-0.25, -0.2) is 9.78 Å². The number of nitrogens with zero attached hydrogens (tertiary/aromatic N) is 1. The van der Waals surface area contributed by atoms with Gasteiger partial charge in [-0.2, -0.15) is 0 Å². The van der Waals surface area contributed by atoms with Crippen LogP contribution in [0.4, 0.5) is 5.82 Å². The summed E-state index contributed by atoms with van der Waals surface area (Å²) in [5, 5.41) is 3.72. The van der Waals surface area contributed by atoms with Crippen LogP contribution >= 0.6 is 11.8 Å². The molecule has 0 saturated heterocycles. The highest BCUT2D eigenvalue weighted by atomic mass is 32.2. The lowest BCUT2D eigenvalue weighted by molar-refractivity contribution is -0.136. The third-order valence-electron chi connectivity index (χ3n) is 5.01. The molecule has 29 heavy (non-hydrogen) atoms. The Morgan fingerprint density at radius 3 is 2.55 bits per heavy atom. The molecular formula is C22H27N3O3S. The summed E-state index contributed by atoms with van der Waals surface area (Å²) in [5.41, 5.74) is 3.33. The van der Waals surface area contributed by atoms with Gasteiger partial charge in [0.1, 0.15) is 5.82 Å². The van der Waals surface area contributed by atoms with Gasteiger partial charge in [0.15, 0.2) is 5.16 Å². The summed E-state index contributed by atoms with van der Waals surface area (Å²) >= 11 is 1.51. The Morgan fingerprint density at radius 1 is 1.28 bits per heavy atom. The number of carbonyl (C=O) groups is 1. The van der Waals surface area contributed by atoms with Crippen LogP contribution in [0.25, 0.3) is 0 Å². The zero-order valence-electron chi connectivity index (χ0n) is 17.5. The molecule has 154 valence electrons. The second-order valence-corrected chi connectivity index (χ2v) is 8.48. The number of allylic oxidation sites excluding steroid dienone is 1. The van der Waals surface area contributed by atoms with Crippen molar-refractivity contribution in [3.63, 3.8) is 0 Å². The number of benzene rings is 1. The number of aromatic nitrogens is 2. The summed E-state index contributed by atoms with van der Waals surface area (Å²) in [6.45, 7) is 8.15. The third kappa shape index (κ3) is 4.24. The SMILES string of the molecule is CCCSc1nc2c(c(=O)[nH]1)[C@@H](c1ccc(C(C)C)cc1)C(C(=O)OC)=C(C)N2. The van der Waals surface area contributed by atoms with Gasteiger partial charge in [0.2, 0.25) is 0 Å². The normalized spacial score (nSPS) is 15.9. The number of thioether (sulfide) groups is 1. The van der Waals surface area contributed by atoms with Crippen LogP contribution in [-0.4, -0.2) is 28.8 Å². The number of hydrogen-bond donors (Lipinski definition) is 2. The van der Waals surface area contributed by atoms with Crippen molar-refractivity contribution in [2.24, 2.45) is 0 Å². The first-order valence-electron chi connectivity index (χ1n) is 9.80. The molecule has 2 heterocycles. The molecule has 7 heteroatoms. The number of rotatable bonds is 6. The fourth-order valence-corrected chi connectivity index (χ4v) is 4.20. The molecule has 1 aliphatic heterocycles. The largest absolute Gasteiger partial charge is 0.466 e. The van der Waals surface area contributed by atoms with Gasteiger partial charge in [-0.1, -0.05) is 56.8 Å². The van der Waals surface area contributed by atoms with E-state index in [4.69, 9.17) is 4.74 Å². The van der Waals surface area contributed by atoms with Gasteiger partial charge < -0.3 is 15.0 Å². The van der Waals surface area contributed by atoms with Crippen molar-refractivity contribution in [3.8, 4) is 0 Å². The van der Waals surface area contributed by atoms with Crippen molar-refractivity contribution < 1.29 is 9.53 Å². The number of ether oxygens (including phenoxy) is 1. The average molecular weight is 414 g/mol. The minimum atomic E-state index is -0.540. The highest BCUT2D eigenvalue weighted by Crippen LogP contribution is 2.40. The minimum absolute atomic E-state index is 0.243. The first-order valence-corrected chi connectivity index (χ1v) is 10.8. The van der Waals surface area contributed by atoms with Crippen molar-refractivity contribution >= 4 is 23.5 Å². The molecule has 3 rings (SSSR count). The molecule has 0 radical (unpaired) electrons. The number of carbonyl (C=O) groups excluding carboxylic acids is 1. The zero-order chi connectivity index (χ0) is 21.1. The average Bonchev–Trinajstić information content (AvgIpc) is 2.70. The minimum Gasteiger partial charge on any atom is -0.466 e. The van der Waals surface area contributed by atoms with Crippen molar-refractivity contribution in [1.29, 1.82) is 0 Å². The van der Waals surface area contributed by atoms with E-state index < -0.39 is 11.9 Å². The highest BCUT2D eigenvalue weighted by Gasteiger charge is 2.36. The van der Waals surface area contributed by atoms with Crippen LogP contribution in [0, 0.1) is 0 Å². The van der Waals surface area contributed by atoms with E-state index in [2.05, 4.69) is 36.1 Å². The van der Waals surface area contributed by atoms with Crippen LogP contribution in [-0.2, 0) is 9.53 Å². The summed E-state index contributed by atoms with van der Waals surface area (Å²) in [6.07, 6.45) is 0.981. The van der Waals surface area contributed by atoms with E-state index in [9.17, 15) is 9.59 Å². The van der Waals surface area contributed by atoms with Gasteiger partial charge in [0.05, 0.1) is 24.2 Å². The number of aromatic amines is 1. The van der Waals surface area contributed by atoms with Crippen LogP contribution in [0.3, 0.4) is 0 Å². The molecule has 2 aromatic rings. The molecule has 1 aliphatic rings. The summed E-state index contributed by atoms with van der Waals surface area (Å²) in [5.74, 6) is 0.758. The molecule has 0 aliphatic carbocycles. The van der Waals surface area contributed by atoms with Crippen LogP contribution in [0.15, 0.2) is 45.5 Å². The molecule has 1 atom stereocenters. The van der Waals surface area contributed by atoms with Crippen molar-refractivity contribution in [2.45, 2.75) is 51.1 Å². The molecule has 0 unspecified atom stereocenters. The van der Waals surface area contributed by atoms with Crippen molar-refractivity contribution in [3.05, 3.63) is 62.6 Å². The van der Waals surface area contributed by atoms with E-state index in [0.29, 0.717) is 33.7 Å². The fourth-order valence-electron chi connectivity index (χ4n) is 3.49. The maximum Gasteiger partial charge on any atom is 0.336 e. The number of nitrogens with one attached hydrogen (secondary N) is 2. The van der Waals surface area contributed by atoms with Crippen molar-refractivity contribution in [2.75, 3.05) is 18.2 Å². The Morgan fingerprint density at radius 2 is 1.97 bits per heavy atom. The molecule has 0 fully saturated rings. The molecule has 0 spiro atoms. The molecule has 1 aromatic carbocycles. The van der Waals surface area contributed by atoms with Gasteiger partial charge >= 0.3 is 5.97 Å². The van der Waals surface area contributed by atoms with Crippen LogP contribution in [0.1, 0.15) is 62.6 Å². The van der Waals surface area contributed by atoms with Crippen LogP contribution in [0.5, 0.6) is 0 Å². The molecular weight excluding hydrogens is 386 g/mol. The Labute approximate surface area is 175 Å². The lowest BCUT2D eigenvalue weighted by Crippen LogP contribution is -2.31. The second kappa shape index (κ2) is 8.86. The molecule has 2 N–H and O–H groups in total. The maximum atomic E-state index is 13.0. The van der Waals surface area contributed by atoms with E-state index in [1.807, 2.05) is 31.2 Å². The number of fused-ring (bicyclic) bond motifs is 1. The van der Waals surface area contributed by atoms with Gasteiger partial charge in [-0.3, -0.25) is 4.79 Å². The van der Waals surface area contributed by atoms with Gasteiger partial charge in [0.25, 0.3) is 5.56 Å². The summed E-state index contributed by atoms with van der Waals surface area (Å²) in [6, 6.07) is 8.03. The van der Waals surface area contributed by atoms with Gasteiger partial charge in [-0.15, -0.1) is 0 Å². The van der Waals surface area contributed by atoms with Crippen LogP contribution in [0.2, 0.25) is 0 Å². The van der Waals surface area contributed by atoms with E-state index in [1.165, 1.54) is 24.4 Å². The number of methoxy groups -OCH3 is 1. The topological polar surface area (TPSA) is 84.1 Å². The van der Waals surface area contributed by atoms with E-state index >= 15 is 0 Å². The zero-order valence-corrected chi connectivity index (χ0v) is 18.3. The molecule has 0 bridgehead atoms. The van der Waals surface area contributed by atoms with Crippen LogP contribution < -0.4 is 10.9 Å². The Bertz CT molecular complexity index is 993. The van der Waals surface area contributed by atoms with Gasteiger partial charge in [0, 0.05) is 11.4 Å². The second-order valence-electron chi connectivity index (χ2n) is 7.39. The van der Waals surface area contributed by atoms with Gasteiger partial charge in [-0.05, 0) is 30.4 Å². The fraction of sp³-hybridized carbons (Fsp3) is 0.409. The lowest BCUT2D eigenvalue weighted by Gasteiger charge is -2.28.